The minimum atomic E-state index is -4.26. The maximum absolute atomic E-state index is 13.8. The Labute approximate surface area is 299 Å². The number of hydrogen-bond acceptors (Lipinski definition) is 15. The molecule has 16 nitrogen and oxygen atoms in total. The molecule has 3 aromatic carbocycles. The summed E-state index contributed by atoms with van der Waals surface area (Å²) < 4.78 is 53.1. The highest BCUT2D eigenvalue weighted by molar-refractivity contribution is 7.92. The Morgan fingerprint density at radius 3 is 2.25 bits per heavy atom. The van der Waals surface area contributed by atoms with Crippen LogP contribution in [-0.2, 0) is 31.6 Å². The fourth-order valence-electron chi connectivity index (χ4n) is 4.61. The summed E-state index contributed by atoms with van der Waals surface area (Å²) in [6, 6.07) is 20.9. The van der Waals surface area contributed by atoms with Crippen molar-refractivity contribution in [3.8, 4) is 34.8 Å². The molecule has 0 radical (unpaired) electrons. The molecule has 0 fully saturated rings. The van der Waals surface area contributed by atoms with Gasteiger partial charge in [-0.05, 0) is 59.0 Å². The van der Waals surface area contributed by atoms with Gasteiger partial charge in [0.05, 0.1) is 29.6 Å². The van der Waals surface area contributed by atoms with E-state index in [1.807, 2.05) is 20.8 Å². The van der Waals surface area contributed by atoms with Gasteiger partial charge in [-0.25, -0.2) is 33.0 Å². The van der Waals surface area contributed by atoms with E-state index in [1.165, 1.54) is 43.8 Å². The number of esters is 1. The molecular weight excluding hydrogens is 696 g/mol. The smallest absolute Gasteiger partial charge is 0.338 e. The maximum atomic E-state index is 13.8. The number of nitrogens with one attached hydrogen (secondary N) is 1. The first-order chi connectivity index (χ1) is 24.8. The number of aromatic nitrogens is 4. The van der Waals surface area contributed by atoms with Crippen molar-refractivity contribution in [1.29, 1.82) is 0 Å². The fraction of sp³-hybridized carbons (Fsp3) is 0.229. The molecule has 0 amide bonds. The molecule has 0 bridgehead atoms. The summed E-state index contributed by atoms with van der Waals surface area (Å²) in [5, 5.41) is 17.2. The predicted octanol–water partition coefficient (Wildman–Crippen LogP) is 5.58. The standard InChI is InChI=1S/C35H36N6O10S/c1-35(2,3)25-13-15-26(16-14-25)52(45,46)40-30-29(51-28-12-6-5-11-27(28)47-4)33(39-32(38-30)31-36-17-8-18-37-31)48-19-20-49-34(42)24-10-7-9-23(21-24)22-50-41(43)44/h5-18,21,43-44H,19-20,22H2,1-4H3,(H,38,39,40). The van der Waals surface area contributed by atoms with Crippen LogP contribution in [0.3, 0.4) is 0 Å². The Balaban J connectivity index is 1.48. The topological polar surface area (TPSA) is 205 Å². The molecule has 0 spiro atoms. The molecular formula is C35H36N6O10S. The average molecular weight is 733 g/mol. The van der Waals surface area contributed by atoms with Gasteiger partial charge in [-0.3, -0.25) is 15.1 Å². The van der Waals surface area contributed by atoms with Gasteiger partial charge in [-0.15, -0.1) is 0 Å². The molecule has 0 saturated carbocycles. The molecule has 5 rings (SSSR count). The van der Waals surface area contributed by atoms with Crippen molar-refractivity contribution in [1.82, 2.24) is 25.3 Å². The van der Waals surface area contributed by atoms with Crippen LogP contribution in [0.25, 0.3) is 11.6 Å². The molecule has 0 saturated heterocycles. The zero-order chi connectivity index (χ0) is 37.3. The van der Waals surface area contributed by atoms with Gasteiger partial charge in [0.1, 0.15) is 13.2 Å². The Kier molecular flexibility index (Phi) is 11.9. The van der Waals surface area contributed by atoms with Crippen molar-refractivity contribution in [2.75, 3.05) is 25.0 Å². The Hall–Kier alpha value is -5.72. The SMILES string of the molecule is COc1ccccc1Oc1c(NS(=O)(=O)c2ccc(C(C)(C)C)cc2)nc(-c2ncccn2)nc1OCCOC(=O)c1cccc(CON(O)O)c1. The van der Waals surface area contributed by atoms with Gasteiger partial charge < -0.3 is 18.9 Å². The van der Waals surface area contributed by atoms with E-state index in [2.05, 4.69) is 29.5 Å². The van der Waals surface area contributed by atoms with Crippen molar-refractivity contribution in [2.24, 2.45) is 0 Å². The molecule has 0 aliphatic heterocycles. The van der Waals surface area contributed by atoms with Crippen molar-refractivity contribution < 1.29 is 47.4 Å². The second-order valence-electron chi connectivity index (χ2n) is 11.9. The lowest BCUT2D eigenvalue weighted by atomic mass is 9.87. The van der Waals surface area contributed by atoms with E-state index in [1.54, 1.807) is 54.6 Å². The summed E-state index contributed by atoms with van der Waals surface area (Å²) in [7, 11) is -2.81. The van der Waals surface area contributed by atoms with E-state index in [0.29, 0.717) is 11.3 Å². The Morgan fingerprint density at radius 2 is 1.58 bits per heavy atom. The zero-order valence-electron chi connectivity index (χ0n) is 28.6. The van der Waals surface area contributed by atoms with Crippen LogP contribution in [0, 0.1) is 0 Å². The molecule has 17 heteroatoms. The zero-order valence-corrected chi connectivity index (χ0v) is 29.4. The summed E-state index contributed by atoms with van der Waals surface area (Å²) >= 11 is 0. The number of carbonyl (C=O) groups is 1. The van der Waals surface area contributed by atoms with Crippen LogP contribution in [0.1, 0.15) is 42.3 Å². The molecule has 3 N–H and O–H groups in total. The molecule has 0 unspecified atom stereocenters. The first-order valence-electron chi connectivity index (χ1n) is 15.7. The van der Waals surface area contributed by atoms with Gasteiger partial charge in [0, 0.05) is 12.4 Å². The number of methoxy groups -OCH3 is 1. The third-order valence-corrected chi connectivity index (χ3v) is 8.56. The number of rotatable bonds is 15. The molecule has 272 valence electrons. The van der Waals surface area contributed by atoms with Gasteiger partial charge in [-0.1, -0.05) is 57.2 Å². The van der Waals surface area contributed by atoms with Gasteiger partial charge >= 0.3 is 5.97 Å². The molecule has 2 heterocycles. The van der Waals surface area contributed by atoms with Gasteiger partial charge in [0.2, 0.25) is 11.6 Å². The van der Waals surface area contributed by atoms with Crippen molar-refractivity contribution in [3.05, 3.63) is 108 Å². The van der Waals surface area contributed by atoms with Gasteiger partial charge in [0.15, 0.2) is 23.1 Å². The van der Waals surface area contributed by atoms with E-state index in [4.69, 9.17) is 29.4 Å². The first kappa shape index (κ1) is 37.5. The quantitative estimate of drug-likeness (QED) is 0.0683. The van der Waals surface area contributed by atoms with Crippen LogP contribution in [0.15, 0.2) is 96.2 Å². The predicted molar refractivity (Wildman–Crippen MR) is 184 cm³/mol. The average Bonchev–Trinajstić information content (AvgIpc) is 3.13. The Morgan fingerprint density at radius 1 is 0.865 bits per heavy atom. The monoisotopic (exact) mass is 732 g/mol. The first-order valence-corrected chi connectivity index (χ1v) is 17.2. The van der Waals surface area contributed by atoms with Crippen molar-refractivity contribution in [2.45, 2.75) is 37.7 Å². The number of sulfonamides is 1. The third-order valence-electron chi connectivity index (χ3n) is 7.21. The number of carbonyl (C=O) groups excluding carboxylic acids is 1. The van der Waals surface area contributed by atoms with Crippen LogP contribution in [0.4, 0.5) is 5.82 Å². The van der Waals surface area contributed by atoms with E-state index in [9.17, 15) is 13.2 Å². The summed E-state index contributed by atoms with van der Waals surface area (Å²) in [5.41, 5.74) is 1.37. The summed E-state index contributed by atoms with van der Waals surface area (Å²) in [4.78, 5) is 34.7. The summed E-state index contributed by atoms with van der Waals surface area (Å²) in [6.07, 6.45) is 2.94. The lowest BCUT2D eigenvalue weighted by Crippen LogP contribution is -2.18. The van der Waals surface area contributed by atoms with Crippen LogP contribution >= 0.6 is 0 Å². The highest BCUT2D eigenvalue weighted by atomic mass is 32.2. The highest BCUT2D eigenvalue weighted by Gasteiger charge is 2.26. The second-order valence-corrected chi connectivity index (χ2v) is 13.6. The van der Waals surface area contributed by atoms with Gasteiger partial charge in [0.25, 0.3) is 15.9 Å². The largest absolute Gasteiger partial charge is 0.493 e. The molecule has 0 atom stereocenters. The van der Waals surface area contributed by atoms with Crippen molar-refractivity contribution >= 4 is 21.8 Å². The van der Waals surface area contributed by atoms with E-state index in [-0.39, 0.29) is 70.5 Å². The summed E-state index contributed by atoms with van der Waals surface area (Å²) in [5.74, 6) is -0.958. The molecule has 52 heavy (non-hydrogen) atoms. The Bertz CT molecular complexity index is 2090. The lowest BCUT2D eigenvalue weighted by molar-refractivity contribution is -0.497. The van der Waals surface area contributed by atoms with Crippen LogP contribution in [0.5, 0.6) is 23.1 Å². The number of hydrogen-bond donors (Lipinski definition) is 3. The van der Waals surface area contributed by atoms with E-state index in [0.717, 1.165) is 5.56 Å². The molecule has 5 aromatic rings. The lowest BCUT2D eigenvalue weighted by Gasteiger charge is -2.20. The van der Waals surface area contributed by atoms with E-state index >= 15 is 0 Å². The van der Waals surface area contributed by atoms with E-state index < -0.39 is 21.4 Å². The van der Waals surface area contributed by atoms with Crippen molar-refractivity contribution in [3.63, 3.8) is 0 Å². The molecule has 0 aliphatic carbocycles. The molecule has 2 aromatic heterocycles. The number of benzene rings is 3. The van der Waals surface area contributed by atoms with Gasteiger partial charge in [-0.2, -0.15) is 4.98 Å². The molecule has 0 aliphatic rings. The van der Waals surface area contributed by atoms with Crippen LogP contribution < -0.4 is 18.9 Å². The van der Waals surface area contributed by atoms with Crippen LogP contribution in [-0.4, -0.2) is 70.5 Å². The minimum Gasteiger partial charge on any atom is -0.493 e. The second kappa shape index (κ2) is 16.5. The highest BCUT2D eigenvalue weighted by Crippen LogP contribution is 2.41. The fourth-order valence-corrected chi connectivity index (χ4v) is 5.62. The third kappa shape index (κ3) is 9.74. The number of anilines is 1. The number of nitrogens with zero attached hydrogens (tertiary/aromatic N) is 5. The normalized spacial score (nSPS) is 11.6. The van der Waals surface area contributed by atoms with Crippen LogP contribution in [0.2, 0.25) is 0 Å². The number of ether oxygens (including phenoxy) is 4. The number of para-hydroxylation sites is 2. The minimum absolute atomic E-state index is 0.0325. The maximum Gasteiger partial charge on any atom is 0.338 e. The summed E-state index contributed by atoms with van der Waals surface area (Å²) in [6.45, 7) is 5.32.